The van der Waals surface area contributed by atoms with E-state index in [0.717, 1.165) is 11.3 Å². The molecule has 2 rings (SSSR count). The highest BCUT2D eigenvalue weighted by atomic mass is 32.1. The second kappa shape index (κ2) is 6.91. The Bertz CT molecular complexity index is 808. The number of hydrogen-bond acceptors (Lipinski definition) is 7. The molecule has 0 spiro atoms. The van der Waals surface area contributed by atoms with Crippen LogP contribution in [0.4, 0.5) is 0 Å². The van der Waals surface area contributed by atoms with Crippen LogP contribution in [0.2, 0.25) is 0 Å². The first-order chi connectivity index (χ1) is 10.9. The standard InChI is InChI=1S/C15H18N2O5S/c1-5-21-14(19)9(4)17-7-16-12-10(13(17)18)8(3)11(23-12)15(20)22-6-2/h7,9H,5-6H2,1-4H3/t9-/m1/s1. The van der Waals surface area contributed by atoms with Crippen molar-refractivity contribution in [1.29, 1.82) is 0 Å². The zero-order chi connectivity index (χ0) is 17.1. The number of thiophene rings is 1. The Morgan fingerprint density at radius 3 is 2.57 bits per heavy atom. The first-order valence-electron chi connectivity index (χ1n) is 7.26. The molecule has 7 nitrogen and oxygen atoms in total. The van der Waals surface area contributed by atoms with Crippen LogP contribution in [0.3, 0.4) is 0 Å². The van der Waals surface area contributed by atoms with Crippen molar-refractivity contribution in [3.63, 3.8) is 0 Å². The molecule has 0 aromatic carbocycles. The van der Waals surface area contributed by atoms with E-state index in [0.29, 0.717) is 20.7 Å². The Labute approximate surface area is 136 Å². The van der Waals surface area contributed by atoms with E-state index in [9.17, 15) is 14.4 Å². The molecule has 0 aliphatic rings. The lowest BCUT2D eigenvalue weighted by molar-refractivity contribution is -0.146. The van der Waals surface area contributed by atoms with Crippen molar-refractivity contribution in [2.24, 2.45) is 0 Å². The smallest absolute Gasteiger partial charge is 0.348 e. The Kier molecular flexibility index (Phi) is 5.15. The second-order valence-electron chi connectivity index (χ2n) is 4.84. The van der Waals surface area contributed by atoms with E-state index in [1.165, 1.54) is 10.9 Å². The molecule has 0 radical (unpaired) electrons. The van der Waals surface area contributed by atoms with Gasteiger partial charge in [0.05, 0.1) is 24.9 Å². The zero-order valence-electron chi connectivity index (χ0n) is 13.4. The predicted molar refractivity (Wildman–Crippen MR) is 85.9 cm³/mol. The molecule has 0 N–H and O–H groups in total. The van der Waals surface area contributed by atoms with E-state index in [1.54, 1.807) is 27.7 Å². The van der Waals surface area contributed by atoms with Gasteiger partial charge in [-0.15, -0.1) is 11.3 Å². The number of hydrogen-bond donors (Lipinski definition) is 0. The van der Waals surface area contributed by atoms with Gasteiger partial charge in [0.1, 0.15) is 15.7 Å². The van der Waals surface area contributed by atoms with Gasteiger partial charge in [0.2, 0.25) is 0 Å². The third-order valence-electron chi connectivity index (χ3n) is 3.38. The summed E-state index contributed by atoms with van der Waals surface area (Å²) >= 11 is 1.11. The van der Waals surface area contributed by atoms with Crippen LogP contribution >= 0.6 is 11.3 Å². The number of aromatic nitrogens is 2. The molecule has 0 amide bonds. The van der Waals surface area contributed by atoms with Crippen LogP contribution in [0, 0.1) is 6.92 Å². The molecule has 0 saturated heterocycles. The number of aryl methyl sites for hydroxylation is 1. The third-order valence-corrected chi connectivity index (χ3v) is 4.56. The van der Waals surface area contributed by atoms with Gasteiger partial charge in [0.25, 0.3) is 5.56 Å². The molecule has 0 fully saturated rings. The molecule has 8 heteroatoms. The Hall–Kier alpha value is -2.22. The van der Waals surface area contributed by atoms with Crippen molar-refractivity contribution in [3.8, 4) is 0 Å². The average molecular weight is 338 g/mol. The van der Waals surface area contributed by atoms with Gasteiger partial charge in [0.15, 0.2) is 0 Å². The van der Waals surface area contributed by atoms with Gasteiger partial charge in [-0.2, -0.15) is 0 Å². The number of ether oxygens (including phenoxy) is 2. The molecule has 0 unspecified atom stereocenters. The van der Waals surface area contributed by atoms with Crippen LogP contribution in [0.25, 0.3) is 10.2 Å². The molecule has 0 aliphatic carbocycles. The highest BCUT2D eigenvalue weighted by molar-refractivity contribution is 7.20. The van der Waals surface area contributed by atoms with E-state index in [2.05, 4.69) is 4.98 Å². The molecular formula is C15H18N2O5S. The highest BCUT2D eigenvalue weighted by Crippen LogP contribution is 2.27. The maximum Gasteiger partial charge on any atom is 0.348 e. The van der Waals surface area contributed by atoms with Crippen molar-refractivity contribution in [3.05, 3.63) is 27.1 Å². The van der Waals surface area contributed by atoms with Crippen molar-refractivity contribution in [1.82, 2.24) is 9.55 Å². The van der Waals surface area contributed by atoms with Crippen LogP contribution < -0.4 is 5.56 Å². The minimum Gasteiger partial charge on any atom is -0.464 e. The van der Waals surface area contributed by atoms with Crippen molar-refractivity contribution in [2.75, 3.05) is 13.2 Å². The summed E-state index contributed by atoms with van der Waals surface area (Å²) in [4.78, 5) is 41.4. The van der Waals surface area contributed by atoms with E-state index in [4.69, 9.17) is 9.47 Å². The summed E-state index contributed by atoms with van der Waals surface area (Å²) in [5.41, 5.74) is 0.145. The summed E-state index contributed by atoms with van der Waals surface area (Å²) in [6, 6.07) is -0.787. The SMILES string of the molecule is CCOC(=O)c1sc2ncn([C@H](C)C(=O)OCC)c(=O)c2c1C. The summed E-state index contributed by atoms with van der Waals surface area (Å²) in [5, 5.41) is 0.330. The van der Waals surface area contributed by atoms with Gasteiger partial charge in [-0.05, 0) is 33.3 Å². The van der Waals surface area contributed by atoms with Crippen LogP contribution in [-0.2, 0) is 14.3 Å². The van der Waals surface area contributed by atoms with Gasteiger partial charge in [-0.1, -0.05) is 0 Å². The van der Waals surface area contributed by atoms with Gasteiger partial charge in [-0.3, -0.25) is 9.36 Å². The third kappa shape index (κ3) is 3.12. The molecule has 1 atom stereocenters. The number of carbonyl (C=O) groups excluding carboxylic acids is 2. The van der Waals surface area contributed by atoms with Crippen LogP contribution in [0.5, 0.6) is 0 Å². The second-order valence-corrected chi connectivity index (χ2v) is 5.84. The van der Waals surface area contributed by atoms with Crippen LogP contribution in [0.1, 0.15) is 42.0 Å². The lowest BCUT2D eigenvalue weighted by atomic mass is 10.2. The van der Waals surface area contributed by atoms with Crippen LogP contribution in [-0.4, -0.2) is 34.7 Å². The van der Waals surface area contributed by atoms with E-state index in [-0.39, 0.29) is 18.8 Å². The summed E-state index contributed by atoms with van der Waals surface area (Å²) in [5.74, 6) is -0.980. The number of carbonyl (C=O) groups is 2. The zero-order valence-corrected chi connectivity index (χ0v) is 14.2. The molecule has 0 saturated carbocycles. The van der Waals surface area contributed by atoms with Crippen LogP contribution in [0.15, 0.2) is 11.1 Å². The lowest BCUT2D eigenvalue weighted by Crippen LogP contribution is -2.29. The molecule has 2 aromatic rings. The Morgan fingerprint density at radius 1 is 1.30 bits per heavy atom. The highest BCUT2D eigenvalue weighted by Gasteiger charge is 2.23. The minimum atomic E-state index is -0.787. The average Bonchev–Trinajstić information content (AvgIpc) is 2.85. The van der Waals surface area contributed by atoms with Crippen molar-refractivity contribution >= 4 is 33.5 Å². The monoisotopic (exact) mass is 338 g/mol. The first kappa shape index (κ1) is 17.1. The fourth-order valence-electron chi connectivity index (χ4n) is 2.18. The summed E-state index contributed by atoms with van der Waals surface area (Å²) in [7, 11) is 0. The summed E-state index contributed by atoms with van der Waals surface area (Å²) < 4.78 is 11.1. The molecule has 124 valence electrons. The normalized spacial score (nSPS) is 12.2. The van der Waals surface area contributed by atoms with Crippen molar-refractivity contribution in [2.45, 2.75) is 33.7 Å². The number of fused-ring (bicyclic) bond motifs is 1. The van der Waals surface area contributed by atoms with Gasteiger partial charge < -0.3 is 9.47 Å². The topological polar surface area (TPSA) is 87.5 Å². The van der Waals surface area contributed by atoms with E-state index < -0.39 is 18.0 Å². The molecule has 2 heterocycles. The maximum absolute atomic E-state index is 12.7. The van der Waals surface area contributed by atoms with Crippen molar-refractivity contribution < 1.29 is 19.1 Å². The molecule has 23 heavy (non-hydrogen) atoms. The minimum absolute atomic E-state index is 0.234. The molecule has 0 aliphatic heterocycles. The maximum atomic E-state index is 12.7. The fourth-order valence-corrected chi connectivity index (χ4v) is 3.21. The van der Waals surface area contributed by atoms with E-state index in [1.807, 2.05) is 0 Å². The van der Waals surface area contributed by atoms with Gasteiger partial charge >= 0.3 is 11.9 Å². The molecule has 0 bridgehead atoms. The number of nitrogens with zero attached hydrogens (tertiary/aromatic N) is 2. The summed E-state index contributed by atoms with van der Waals surface area (Å²) in [6.07, 6.45) is 1.30. The number of rotatable bonds is 5. The Morgan fingerprint density at radius 2 is 1.96 bits per heavy atom. The van der Waals surface area contributed by atoms with E-state index >= 15 is 0 Å². The molecular weight excluding hydrogens is 320 g/mol. The van der Waals surface area contributed by atoms with Gasteiger partial charge in [-0.25, -0.2) is 14.6 Å². The summed E-state index contributed by atoms with van der Waals surface area (Å²) in [6.45, 7) is 7.15. The lowest BCUT2D eigenvalue weighted by Gasteiger charge is -2.13. The fraction of sp³-hybridized carbons (Fsp3) is 0.467. The molecule has 2 aromatic heterocycles. The largest absolute Gasteiger partial charge is 0.464 e. The quantitative estimate of drug-likeness (QED) is 0.776. The predicted octanol–water partition coefficient (Wildman–Crippen LogP) is 2.07. The van der Waals surface area contributed by atoms with Gasteiger partial charge in [0, 0.05) is 0 Å². The first-order valence-corrected chi connectivity index (χ1v) is 8.07. The number of esters is 2. The Balaban J connectivity index is 2.55.